The molecule has 4 rings (SSSR count). The number of hydrogen-bond donors (Lipinski definition) is 1. The second-order valence-electron chi connectivity index (χ2n) is 7.43. The molecule has 9 heteroatoms. The molecule has 3 aromatic carbocycles. The van der Waals surface area contributed by atoms with Gasteiger partial charge in [-0.3, -0.25) is 14.2 Å². The predicted octanol–water partition coefficient (Wildman–Crippen LogP) is 2.52. The molecule has 0 saturated carbocycles. The molecule has 0 aliphatic heterocycles. The minimum atomic E-state index is -0.843. The summed E-state index contributed by atoms with van der Waals surface area (Å²) in [6, 6.07) is 21.0. The summed E-state index contributed by atoms with van der Waals surface area (Å²) < 4.78 is 20.4. The number of hydrogen-bond acceptors (Lipinski definition) is 5. The minimum absolute atomic E-state index is 0.157. The first-order valence-electron chi connectivity index (χ1n) is 10.4. The highest BCUT2D eigenvalue weighted by Gasteiger charge is 2.20. The summed E-state index contributed by atoms with van der Waals surface area (Å²) in [6.45, 7) is 0.0238. The monoisotopic (exact) mass is 460 g/mol. The number of nitrogens with one attached hydrogen (secondary N) is 1. The molecule has 0 spiro atoms. The normalized spacial score (nSPS) is 10.6. The Labute approximate surface area is 193 Å². The molecule has 0 radical (unpaired) electrons. The molecule has 172 valence electrons. The minimum Gasteiger partial charge on any atom is -0.497 e. The lowest BCUT2D eigenvalue weighted by molar-refractivity contribution is 0.0941. The number of rotatable bonds is 7. The highest BCUT2D eigenvalue weighted by Crippen LogP contribution is 2.13. The number of benzene rings is 3. The molecule has 0 saturated heterocycles. The van der Waals surface area contributed by atoms with Gasteiger partial charge < -0.3 is 10.1 Å². The van der Waals surface area contributed by atoms with Crippen molar-refractivity contribution in [2.24, 2.45) is 0 Å². The molecule has 4 aromatic rings. The highest BCUT2D eigenvalue weighted by molar-refractivity contribution is 5.91. The second kappa shape index (κ2) is 9.95. The Morgan fingerprint density at radius 1 is 0.941 bits per heavy atom. The van der Waals surface area contributed by atoms with Crippen LogP contribution in [0.25, 0.3) is 5.69 Å². The maximum atomic E-state index is 13.3. The van der Waals surface area contributed by atoms with Crippen molar-refractivity contribution >= 4 is 5.91 Å². The Balaban J connectivity index is 1.77. The molecule has 1 amide bonds. The zero-order chi connectivity index (χ0) is 24.1. The second-order valence-corrected chi connectivity index (χ2v) is 7.43. The maximum absolute atomic E-state index is 13.3. The van der Waals surface area contributed by atoms with Crippen LogP contribution in [0.4, 0.5) is 4.39 Å². The van der Waals surface area contributed by atoms with E-state index in [9.17, 15) is 18.8 Å². The van der Waals surface area contributed by atoms with Crippen molar-refractivity contribution < 1.29 is 13.9 Å². The van der Waals surface area contributed by atoms with E-state index >= 15 is 0 Å². The van der Waals surface area contributed by atoms with Gasteiger partial charge in [0.1, 0.15) is 11.6 Å². The Bertz CT molecular complexity index is 1410. The topological polar surface area (TPSA) is 95.2 Å². The van der Waals surface area contributed by atoms with Crippen molar-refractivity contribution in [2.75, 3.05) is 7.11 Å². The van der Waals surface area contributed by atoms with Crippen molar-refractivity contribution in [2.45, 2.75) is 13.1 Å². The first kappa shape index (κ1) is 22.7. The van der Waals surface area contributed by atoms with Crippen molar-refractivity contribution in [1.82, 2.24) is 19.7 Å². The zero-order valence-electron chi connectivity index (χ0n) is 18.3. The summed E-state index contributed by atoms with van der Waals surface area (Å²) in [5, 5.41) is 6.76. The summed E-state index contributed by atoms with van der Waals surface area (Å²) >= 11 is 0. The van der Waals surface area contributed by atoms with E-state index in [1.807, 2.05) is 30.3 Å². The number of nitrogens with zero attached hydrogens (tertiary/aromatic N) is 3. The summed E-state index contributed by atoms with van der Waals surface area (Å²) in [7, 11) is 1.51. The fraction of sp³-hybridized carbons (Fsp3) is 0.120. The number of methoxy groups -OCH3 is 1. The van der Waals surface area contributed by atoms with Crippen LogP contribution in [0.3, 0.4) is 0 Å². The van der Waals surface area contributed by atoms with Gasteiger partial charge >= 0.3 is 5.69 Å². The molecule has 1 heterocycles. The molecule has 1 aromatic heterocycles. The molecule has 0 bridgehead atoms. The van der Waals surface area contributed by atoms with Gasteiger partial charge in [0.05, 0.1) is 19.3 Å². The third-order valence-corrected chi connectivity index (χ3v) is 5.14. The van der Waals surface area contributed by atoms with Gasteiger partial charge in [0.15, 0.2) is 0 Å². The Morgan fingerprint density at radius 2 is 1.62 bits per heavy atom. The lowest BCUT2D eigenvalue weighted by Crippen LogP contribution is -2.46. The third-order valence-electron chi connectivity index (χ3n) is 5.14. The van der Waals surface area contributed by atoms with Crippen LogP contribution in [0.15, 0.2) is 88.5 Å². The van der Waals surface area contributed by atoms with Gasteiger partial charge in [0.25, 0.3) is 11.5 Å². The largest absolute Gasteiger partial charge is 0.497 e. The SMILES string of the molecule is COc1ccc(-n2nc(C(=O)NCc3ccccc3)c(=O)n(Cc3ccc(F)cc3)c2=O)cc1. The first-order chi connectivity index (χ1) is 16.5. The molecule has 8 nitrogen and oxygen atoms in total. The van der Waals surface area contributed by atoms with E-state index in [0.29, 0.717) is 17.0 Å². The van der Waals surface area contributed by atoms with E-state index in [-0.39, 0.29) is 13.1 Å². The Kier molecular flexibility index (Phi) is 6.63. The van der Waals surface area contributed by atoms with E-state index in [1.165, 1.54) is 31.4 Å². The van der Waals surface area contributed by atoms with Crippen molar-refractivity contribution in [3.8, 4) is 11.4 Å². The smallest absolute Gasteiger partial charge is 0.352 e. The zero-order valence-corrected chi connectivity index (χ0v) is 18.3. The van der Waals surface area contributed by atoms with Crippen molar-refractivity contribution in [3.05, 3.63) is 122 Å². The molecule has 0 unspecified atom stereocenters. The maximum Gasteiger partial charge on any atom is 0.352 e. The van der Waals surface area contributed by atoms with Crippen LogP contribution in [0, 0.1) is 5.82 Å². The van der Waals surface area contributed by atoms with Crippen LogP contribution < -0.4 is 21.3 Å². The van der Waals surface area contributed by atoms with Gasteiger partial charge in [0, 0.05) is 6.54 Å². The average molecular weight is 460 g/mol. The van der Waals surface area contributed by atoms with Gasteiger partial charge in [-0.05, 0) is 47.5 Å². The quantitative estimate of drug-likeness (QED) is 0.457. The van der Waals surface area contributed by atoms with Crippen molar-refractivity contribution in [3.63, 3.8) is 0 Å². The molecule has 0 atom stereocenters. The standard InChI is InChI=1S/C25H21FN4O4/c1-34-21-13-11-20(12-14-21)30-25(33)29(16-18-7-9-19(26)10-8-18)24(32)22(28-30)23(31)27-15-17-5-3-2-4-6-17/h2-14H,15-16H2,1H3,(H,27,31). The van der Waals surface area contributed by atoms with Crippen LogP contribution in [-0.2, 0) is 13.1 Å². The van der Waals surface area contributed by atoms with Gasteiger partial charge in [-0.1, -0.05) is 42.5 Å². The number of carbonyl (C=O) groups excluding carboxylic acids is 1. The molecule has 0 aliphatic rings. The van der Waals surface area contributed by atoms with Gasteiger partial charge in [-0.15, -0.1) is 0 Å². The summed E-state index contributed by atoms with van der Waals surface area (Å²) in [5.41, 5.74) is -0.317. The average Bonchev–Trinajstić information content (AvgIpc) is 2.87. The lowest BCUT2D eigenvalue weighted by Gasteiger charge is -2.13. The van der Waals surface area contributed by atoms with E-state index in [2.05, 4.69) is 10.4 Å². The third kappa shape index (κ3) is 4.93. The molecule has 34 heavy (non-hydrogen) atoms. The molecule has 1 N–H and O–H groups in total. The summed E-state index contributed by atoms with van der Waals surface area (Å²) in [4.78, 5) is 39.2. The molecule has 0 aliphatic carbocycles. The fourth-order valence-electron chi connectivity index (χ4n) is 3.32. The van der Waals surface area contributed by atoms with E-state index in [1.54, 1.807) is 24.3 Å². The highest BCUT2D eigenvalue weighted by atomic mass is 19.1. The van der Waals surface area contributed by atoms with Crippen LogP contribution >= 0.6 is 0 Å². The fourth-order valence-corrected chi connectivity index (χ4v) is 3.32. The van der Waals surface area contributed by atoms with Crippen LogP contribution in [-0.4, -0.2) is 27.4 Å². The Morgan fingerprint density at radius 3 is 2.26 bits per heavy atom. The number of halogens is 1. The van der Waals surface area contributed by atoms with Crippen LogP contribution in [0.2, 0.25) is 0 Å². The van der Waals surface area contributed by atoms with Gasteiger partial charge in [0.2, 0.25) is 5.69 Å². The molecular weight excluding hydrogens is 439 g/mol. The van der Waals surface area contributed by atoms with E-state index < -0.39 is 28.7 Å². The van der Waals surface area contributed by atoms with Gasteiger partial charge in [-0.2, -0.15) is 9.78 Å². The number of ether oxygens (including phenoxy) is 1. The van der Waals surface area contributed by atoms with E-state index in [4.69, 9.17) is 4.74 Å². The lowest BCUT2D eigenvalue weighted by atomic mass is 10.2. The van der Waals surface area contributed by atoms with Crippen molar-refractivity contribution in [1.29, 1.82) is 0 Å². The van der Waals surface area contributed by atoms with Gasteiger partial charge in [-0.25, -0.2) is 9.18 Å². The number of carbonyl (C=O) groups is 1. The predicted molar refractivity (Wildman–Crippen MR) is 124 cm³/mol. The number of amides is 1. The molecule has 0 fully saturated rings. The number of aromatic nitrogens is 3. The molecular formula is C25H21FN4O4. The van der Waals surface area contributed by atoms with Crippen LogP contribution in [0.1, 0.15) is 21.6 Å². The Hall–Kier alpha value is -4.53. The van der Waals surface area contributed by atoms with E-state index in [0.717, 1.165) is 14.8 Å². The summed E-state index contributed by atoms with van der Waals surface area (Å²) in [5.74, 6) is -0.594. The summed E-state index contributed by atoms with van der Waals surface area (Å²) in [6.07, 6.45) is 0. The first-order valence-corrected chi connectivity index (χ1v) is 10.4. The van der Waals surface area contributed by atoms with Crippen LogP contribution in [0.5, 0.6) is 5.75 Å².